The Morgan fingerprint density at radius 1 is 1.11 bits per heavy atom. The Labute approximate surface area is 157 Å². The molecule has 0 atom stereocenters. The van der Waals surface area contributed by atoms with E-state index in [2.05, 4.69) is 10.3 Å². The number of nitrogens with one attached hydrogen (secondary N) is 2. The van der Waals surface area contributed by atoms with E-state index in [1.807, 2.05) is 26.0 Å². The summed E-state index contributed by atoms with van der Waals surface area (Å²) in [6.45, 7) is 3.95. The van der Waals surface area contributed by atoms with Gasteiger partial charge in [0.2, 0.25) is 5.56 Å². The maximum atomic E-state index is 12.2. The lowest BCUT2D eigenvalue weighted by Gasteiger charge is -2.12. The van der Waals surface area contributed by atoms with E-state index in [-0.39, 0.29) is 24.0 Å². The maximum Gasteiger partial charge on any atom is 0.262 e. The van der Waals surface area contributed by atoms with Gasteiger partial charge in [-0.05, 0) is 35.7 Å². The molecule has 0 spiro atoms. The number of aromatic amines is 1. The van der Waals surface area contributed by atoms with Gasteiger partial charge in [0.1, 0.15) is 11.5 Å². The quantitative estimate of drug-likeness (QED) is 0.697. The van der Waals surface area contributed by atoms with E-state index in [0.29, 0.717) is 22.7 Å². The van der Waals surface area contributed by atoms with Crippen molar-refractivity contribution in [2.45, 2.75) is 19.8 Å². The summed E-state index contributed by atoms with van der Waals surface area (Å²) in [5, 5.41) is 3.75. The van der Waals surface area contributed by atoms with Gasteiger partial charge in [0.05, 0.1) is 12.6 Å². The number of anilines is 1. The molecule has 0 aliphatic rings. The SMILES string of the molecule is COc1cccc(OCC(=O)Nc2ccc3c(C(C)C)cc(=O)[nH]c3c2)c1. The first-order valence-electron chi connectivity index (χ1n) is 8.70. The second kappa shape index (κ2) is 7.95. The van der Waals surface area contributed by atoms with Crippen molar-refractivity contribution in [1.82, 2.24) is 4.98 Å². The lowest BCUT2D eigenvalue weighted by atomic mass is 9.99. The minimum atomic E-state index is -0.292. The highest BCUT2D eigenvalue weighted by Gasteiger charge is 2.10. The van der Waals surface area contributed by atoms with Crippen LogP contribution in [0.4, 0.5) is 5.69 Å². The van der Waals surface area contributed by atoms with Crippen LogP contribution >= 0.6 is 0 Å². The van der Waals surface area contributed by atoms with Gasteiger partial charge in [0.15, 0.2) is 6.61 Å². The minimum Gasteiger partial charge on any atom is -0.497 e. The minimum absolute atomic E-state index is 0.131. The van der Waals surface area contributed by atoms with Gasteiger partial charge < -0.3 is 19.8 Å². The fraction of sp³-hybridized carbons (Fsp3) is 0.238. The second-order valence-electron chi connectivity index (χ2n) is 6.52. The molecule has 2 N–H and O–H groups in total. The second-order valence-corrected chi connectivity index (χ2v) is 6.52. The molecule has 0 fully saturated rings. The number of ether oxygens (including phenoxy) is 2. The number of carbonyl (C=O) groups excluding carboxylic acids is 1. The largest absolute Gasteiger partial charge is 0.497 e. The van der Waals surface area contributed by atoms with Gasteiger partial charge >= 0.3 is 0 Å². The Balaban J connectivity index is 1.72. The van der Waals surface area contributed by atoms with Crippen LogP contribution < -0.4 is 20.3 Å². The van der Waals surface area contributed by atoms with Gasteiger partial charge in [-0.2, -0.15) is 0 Å². The molecule has 0 aliphatic heterocycles. The third-order valence-electron chi connectivity index (χ3n) is 4.19. The third-order valence-corrected chi connectivity index (χ3v) is 4.19. The first-order valence-corrected chi connectivity index (χ1v) is 8.70. The summed E-state index contributed by atoms with van der Waals surface area (Å²) in [7, 11) is 1.57. The topological polar surface area (TPSA) is 80.4 Å². The zero-order valence-corrected chi connectivity index (χ0v) is 15.5. The molecule has 140 valence electrons. The molecule has 0 saturated heterocycles. The molecular weight excluding hydrogens is 344 g/mol. The number of rotatable bonds is 6. The summed E-state index contributed by atoms with van der Waals surface area (Å²) >= 11 is 0. The average molecular weight is 366 g/mol. The van der Waals surface area contributed by atoms with Crippen LogP contribution in [0.1, 0.15) is 25.3 Å². The number of benzene rings is 2. The van der Waals surface area contributed by atoms with Crippen LogP contribution in [0.5, 0.6) is 11.5 Å². The van der Waals surface area contributed by atoms with E-state index in [9.17, 15) is 9.59 Å². The van der Waals surface area contributed by atoms with Gasteiger partial charge in [0, 0.05) is 23.2 Å². The van der Waals surface area contributed by atoms with E-state index < -0.39 is 0 Å². The fourth-order valence-corrected chi connectivity index (χ4v) is 2.88. The van der Waals surface area contributed by atoms with Crippen LogP contribution in [-0.2, 0) is 4.79 Å². The lowest BCUT2D eigenvalue weighted by molar-refractivity contribution is -0.118. The van der Waals surface area contributed by atoms with Gasteiger partial charge in [0.25, 0.3) is 5.91 Å². The maximum absolute atomic E-state index is 12.2. The van der Waals surface area contributed by atoms with Gasteiger partial charge in [-0.25, -0.2) is 0 Å². The predicted octanol–water partition coefficient (Wildman–Crippen LogP) is 3.68. The van der Waals surface area contributed by atoms with E-state index in [1.54, 1.807) is 43.5 Å². The zero-order chi connectivity index (χ0) is 19.4. The molecular formula is C21H22N2O4. The molecule has 1 amide bonds. The molecule has 6 nitrogen and oxygen atoms in total. The van der Waals surface area contributed by atoms with E-state index in [0.717, 1.165) is 10.9 Å². The number of carbonyl (C=O) groups is 1. The number of aromatic nitrogens is 1. The summed E-state index contributed by atoms with van der Waals surface area (Å²) in [6.07, 6.45) is 0. The summed E-state index contributed by atoms with van der Waals surface area (Å²) < 4.78 is 10.6. The van der Waals surface area contributed by atoms with Crippen LogP contribution in [-0.4, -0.2) is 24.6 Å². The van der Waals surface area contributed by atoms with Crippen molar-refractivity contribution in [3.05, 3.63) is 64.4 Å². The van der Waals surface area contributed by atoms with Crippen molar-refractivity contribution in [3.8, 4) is 11.5 Å². The number of amides is 1. The monoisotopic (exact) mass is 366 g/mol. The standard InChI is InChI=1S/C21H22N2O4/c1-13(2)18-11-20(24)23-19-9-14(7-8-17(18)19)22-21(25)12-27-16-6-4-5-15(10-16)26-3/h4-11,13H,12H2,1-3H3,(H,22,25)(H,23,24). The molecule has 1 heterocycles. The lowest BCUT2D eigenvalue weighted by Crippen LogP contribution is -2.20. The van der Waals surface area contributed by atoms with E-state index in [4.69, 9.17) is 9.47 Å². The van der Waals surface area contributed by atoms with Crippen molar-refractivity contribution in [1.29, 1.82) is 0 Å². The molecule has 3 aromatic rings. The van der Waals surface area contributed by atoms with Crippen molar-refractivity contribution in [2.24, 2.45) is 0 Å². The van der Waals surface area contributed by atoms with Crippen molar-refractivity contribution < 1.29 is 14.3 Å². The molecule has 3 rings (SSSR count). The molecule has 0 aliphatic carbocycles. The summed E-state index contributed by atoms with van der Waals surface area (Å²) in [5.74, 6) is 1.15. The van der Waals surface area contributed by atoms with Gasteiger partial charge in [-0.15, -0.1) is 0 Å². The van der Waals surface area contributed by atoms with Crippen LogP contribution in [0, 0.1) is 0 Å². The Kier molecular flexibility index (Phi) is 5.45. The summed E-state index contributed by atoms with van der Waals surface area (Å²) in [4.78, 5) is 26.9. The first-order chi connectivity index (χ1) is 13.0. The molecule has 0 unspecified atom stereocenters. The summed E-state index contributed by atoms with van der Waals surface area (Å²) in [5.41, 5.74) is 2.11. The molecule has 0 radical (unpaired) electrons. The molecule has 1 aromatic heterocycles. The van der Waals surface area contributed by atoms with E-state index in [1.165, 1.54) is 0 Å². The van der Waals surface area contributed by atoms with E-state index >= 15 is 0 Å². The molecule has 6 heteroatoms. The predicted molar refractivity (Wildman–Crippen MR) is 106 cm³/mol. The Bertz CT molecular complexity index is 1020. The van der Waals surface area contributed by atoms with Crippen molar-refractivity contribution in [2.75, 3.05) is 19.0 Å². The molecule has 2 aromatic carbocycles. The van der Waals surface area contributed by atoms with Crippen molar-refractivity contribution >= 4 is 22.5 Å². The van der Waals surface area contributed by atoms with Gasteiger partial charge in [-0.3, -0.25) is 9.59 Å². The van der Waals surface area contributed by atoms with Crippen LogP contribution in [0.15, 0.2) is 53.3 Å². The smallest absolute Gasteiger partial charge is 0.262 e. The zero-order valence-electron chi connectivity index (χ0n) is 15.5. The third kappa shape index (κ3) is 4.47. The molecule has 27 heavy (non-hydrogen) atoms. The average Bonchev–Trinajstić information content (AvgIpc) is 2.65. The fourth-order valence-electron chi connectivity index (χ4n) is 2.88. The van der Waals surface area contributed by atoms with Crippen molar-refractivity contribution in [3.63, 3.8) is 0 Å². The highest BCUT2D eigenvalue weighted by atomic mass is 16.5. The number of fused-ring (bicyclic) bond motifs is 1. The summed E-state index contributed by atoms with van der Waals surface area (Å²) in [6, 6.07) is 14.1. The Morgan fingerprint density at radius 3 is 2.63 bits per heavy atom. The number of hydrogen-bond acceptors (Lipinski definition) is 4. The van der Waals surface area contributed by atoms with Crippen LogP contribution in [0.3, 0.4) is 0 Å². The number of pyridine rings is 1. The first kappa shape index (κ1) is 18.5. The Hall–Kier alpha value is -3.28. The highest BCUT2D eigenvalue weighted by Crippen LogP contribution is 2.25. The van der Waals surface area contributed by atoms with Crippen LogP contribution in [0.25, 0.3) is 10.9 Å². The van der Waals surface area contributed by atoms with Crippen LogP contribution in [0.2, 0.25) is 0 Å². The Morgan fingerprint density at radius 2 is 1.89 bits per heavy atom. The van der Waals surface area contributed by atoms with Gasteiger partial charge in [-0.1, -0.05) is 26.0 Å². The number of methoxy groups -OCH3 is 1. The number of H-pyrrole nitrogens is 1. The molecule has 0 saturated carbocycles. The number of hydrogen-bond donors (Lipinski definition) is 2. The molecule has 0 bridgehead atoms. The normalized spacial score (nSPS) is 10.8. The highest BCUT2D eigenvalue weighted by molar-refractivity contribution is 5.95.